The molecule has 1 heterocycles. The highest BCUT2D eigenvalue weighted by molar-refractivity contribution is 6.10. The van der Waals surface area contributed by atoms with Crippen molar-refractivity contribution in [3.05, 3.63) is 224 Å². The summed E-state index contributed by atoms with van der Waals surface area (Å²) in [6, 6.07) is 80.7. The van der Waals surface area contributed by atoms with E-state index < -0.39 is 0 Å². The van der Waals surface area contributed by atoms with Crippen LogP contribution in [0.1, 0.15) is 0 Å². The van der Waals surface area contributed by atoms with Gasteiger partial charge in [-0.2, -0.15) is 0 Å². The minimum atomic E-state index is 0.893. The molecule has 10 aromatic carbocycles. The summed E-state index contributed by atoms with van der Waals surface area (Å²) in [7, 11) is 0. The summed E-state index contributed by atoms with van der Waals surface area (Å²) in [6.07, 6.45) is 0. The molecule has 58 heavy (non-hydrogen) atoms. The molecule has 1 aliphatic heterocycles. The quantitative estimate of drug-likeness (QED) is 0.161. The molecular formula is C56H37NO. The average Bonchev–Trinajstić information content (AvgIpc) is 3.30. The van der Waals surface area contributed by atoms with E-state index in [0.29, 0.717) is 0 Å². The van der Waals surface area contributed by atoms with Gasteiger partial charge in [-0.15, -0.1) is 0 Å². The van der Waals surface area contributed by atoms with E-state index in [1.54, 1.807) is 0 Å². The average molecular weight is 740 g/mol. The highest BCUT2D eigenvalue weighted by atomic mass is 16.5. The van der Waals surface area contributed by atoms with Crippen LogP contribution in [0.5, 0.6) is 11.5 Å². The Morgan fingerprint density at radius 1 is 0.293 bits per heavy atom. The molecule has 0 N–H and O–H groups in total. The van der Waals surface area contributed by atoms with Gasteiger partial charge in [-0.25, -0.2) is 0 Å². The molecule has 0 fully saturated rings. The van der Waals surface area contributed by atoms with Crippen molar-refractivity contribution in [1.29, 1.82) is 0 Å². The van der Waals surface area contributed by atoms with Crippen molar-refractivity contribution >= 4 is 38.6 Å². The van der Waals surface area contributed by atoms with Crippen LogP contribution in [0.4, 0.5) is 17.1 Å². The van der Waals surface area contributed by atoms with E-state index in [-0.39, 0.29) is 0 Å². The van der Waals surface area contributed by atoms with Gasteiger partial charge in [0.25, 0.3) is 0 Å². The van der Waals surface area contributed by atoms with Gasteiger partial charge in [0.05, 0.1) is 5.69 Å². The third kappa shape index (κ3) is 5.91. The number of hydrogen-bond donors (Lipinski definition) is 0. The maximum atomic E-state index is 6.46. The highest BCUT2D eigenvalue weighted by Gasteiger charge is 2.22. The number of nitrogens with zero attached hydrogens (tertiary/aromatic N) is 1. The van der Waals surface area contributed by atoms with Gasteiger partial charge in [0.15, 0.2) is 0 Å². The molecule has 11 rings (SSSR count). The first-order valence-corrected chi connectivity index (χ1v) is 19.8. The van der Waals surface area contributed by atoms with Gasteiger partial charge in [0.1, 0.15) is 11.5 Å². The molecule has 0 unspecified atom stereocenters. The van der Waals surface area contributed by atoms with E-state index in [0.717, 1.165) is 56.2 Å². The Morgan fingerprint density at radius 3 is 1.78 bits per heavy atom. The van der Waals surface area contributed by atoms with Crippen LogP contribution < -0.4 is 9.64 Å². The summed E-state index contributed by atoms with van der Waals surface area (Å²) in [5, 5.41) is 4.81. The molecule has 0 amide bonds. The topological polar surface area (TPSA) is 12.5 Å². The van der Waals surface area contributed by atoms with E-state index >= 15 is 0 Å². The number of para-hydroxylation sites is 2. The fraction of sp³-hybridized carbons (Fsp3) is 0. The molecule has 0 radical (unpaired) electrons. The number of benzene rings is 10. The van der Waals surface area contributed by atoms with Crippen LogP contribution in [-0.2, 0) is 0 Å². The smallest absolute Gasteiger partial charge is 0.135 e. The fourth-order valence-electron chi connectivity index (χ4n) is 8.63. The SMILES string of the molecule is c1ccc(-c2ccc(-c3ccccc3N(c3ccc(-c4ccc5ccccc5c4)cc3)c3cccc(-c4ccc5c6c(cccc46)-c4ccccc4O5)c3)cc2)cc1. The maximum Gasteiger partial charge on any atom is 0.135 e. The van der Waals surface area contributed by atoms with Crippen molar-refractivity contribution in [2.75, 3.05) is 4.90 Å². The Balaban J connectivity index is 1.05. The zero-order valence-corrected chi connectivity index (χ0v) is 31.7. The lowest BCUT2D eigenvalue weighted by molar-refractivity contribution is 0.487. The molecule has 0 saturated heterocycles. The van der Waals surface area contributed by atoms with Gasteiger partial charge >= 0.3 is 0 Å². The summed E-state index contributed by atoms with van der Waals surface area (Å²) in [5.74, 6) is 1.79. The van der Waals surface area contributed by atoms with Crippen LogP contribution in [-0.4, -0.2) is 0 Å². The lowest BCUT2D eigenvalue weighted by atomic mass is 9.90. The van der Waals surface area contributed by atoms with Crippen molar-refractivity contribution in [3.8, 4) is 67.1 Å². The van der Waals surface area contributed by atoms with Gasteiger partial charge in [-0.05, 0) is 109 Å². The van der Waals surface area contributed by atoms with Crippen LogP contribution in [0.15, 0.2) is 224 Å². The van der Waals surface area contributed by atoms with Gasteiger partial charge in [-0.1, -0.05) is 176 Å². The lowest BCUT2D eigenvalue weighted by Gasteiger charge is -2.29. The molecule has 10 aromatic rings. The van der Waals surface area contributed by atoms with Gasteiger partial charge in [0, 0.05) is 27.9 Å². The predicted molar refractivity (Wildman–Crippen MR) is 243 cm³/mol. The molecule has 0 saturated carbocycles. The molecule has 0 atom stereocenters. The number of anilines is 3. The molecule has 0 spiro atoms. The van der Waals surface area contributed by atoms with E-state index in [9.17, 15) is 0 Å². The summed E-state index contributed by atoms with van der Waals surface area (Å²) in [6.45, 7) is 0. The third-order valence-corrected chi connectivity index (χ3v) is 11.5. The first-order valence-electron chi connectivity index (χ1n) is 19.8. The van der Waals surface area contributed by atoms with E-state index in [1.807, 2.05) is 12.1 Å². The largest absolute Gasteiger partial charge is 0.456 e. The Morgan fingerprint density at radius 2 is 0.914 bits per heavy atom. The first kappa shape index (κ1) is 33.6. The molecule has 0 aliphatic carbocycles. The van der Waals surface area contributed by atoms with E-state index in [4.69, 9.17) is 4.74 Å². The fourth-order valence-corrected chi connectivity index (χ4v) is 8.63. The monoisotopic (exact) mass is 739 g/mol. The standard InChI is InChI=1S/C56H37NO/c1-2-12-38(13-3-1)40-24-27-42(28-25-40)49-18-6-8-22-53(49)57(46-32-30-41(31-33-46)44-29-26-39-14-4-5-15-43(39)36-44)47-17-10-16-45(37-47)48-34-35-55-56-51(48)20-11-21-52(56)50-19-7-9-23-54(50)58-55/h1-37H. The van der Waals surface area contributed by atoms with Crippen molar-refractivity contribution < 1.29 is 4.74 Å². The lowest BCUT2D eigenvalue weighted by Crippen LogP contribution is -2.11. The Kier molecular flexibility index (Phi) is 8.19. The molecule has 2 heteroatoms. The summed E-state index contributed by atoms with van der Waals surface area (Å²) in [4.78, 5) is 2.40. The van der Waals surface area contributed by atoms with Gasteiger partial charge in [-0.3, -0.25) is 0 Å². The molecule has 0 bridgehead atoms. The number of hydrogen-bond acceptors (Lipinski definition) is 2. The second-order valence-corrected chi connectivity index (χ2v) is 14.9. The van der Waals surface area contributed by atoms with E-state index in [2.05, 4.69) is 217 Å². The van der Waals surface area contributed by atoms with Gasteiger partial charge < -0.3 is 9.64 Å². The van der Waals surface area contributed by atoms with Crippen molar-refractivity contribution in [3.63, 3.8) is 0 Å². The highest BCUT2D eigenvalue weighted by Crippen LogP contribution is 2.49. The van der Waals surface area contributed by atoms with Crippen LogP contribution in [0.3, 0.4) is 0 Å². The summed E-state index contributed by atoms with van der Waals surface area (Å²) >= 11 is 0. The number of ether oxygens (including phenoxy) is 1. The van der Waals surface area contributed by atoms with Crippen molar-refractivity contribution in [1.82, 2.24) is 0 Å². The van der Waals surface area contributed by atoms with Crippen LogP contribution in [0.2, 0.25) is 0 Å². The summed E-state index contributed by atoms with van der Waals surface area (Å²) in [5.41, 5.74) is 15.0. The first-order chi connectivity index (χ1) is 28.7. The number of rotatable bonds is 7. The van der Waals surface area contributed by atoms with Gasteiger partial charge in [0.2, 0.25) is 0 Å². The van der Waals surface area contributed by atoms with Crippen molar-refractivity contribution in [2.45, 2.75) is 0 Å². The summed E-state index contributed by atoms with van der Waals surface area (Å²) < 4.78 is 6.46. The van der Waals surface area contributed by atoms with Crippen LogP contribution >= 0.6 is 0 Å². The molecular weight excluding hydrogens is 703 g/mol. The molecule has 272 valence electrons. The second-order valence-electron chi connectivity index (χ2n) is 14.9. The Hall–Kier alpha value is -7.68. The maximum absolute atomic E-state index is 6.46. The predicted octanol–water partition coefficient (Wildman–Crippen LogP) is 15.9. The van der Waals surface area contributed by atoms with Crippen molar-refractivity contribution in [2.24, 2.45) is 0 Å². The zero-order valence-electron chi connectivity index (χ0n) is 31.7. The normalized spacial score (nSPS) is 11.6. The van der Waals surface area contributed by atoms with Crippen LogP contribution in [0, 0.1) is 0 Å². The molecule has 2 nitrogen and oxygen atoms in total. The molecule has 1 aliphatic rings. The third-order valence-electron chi connectivity index (χ3n) is 11.5. The van der Waals surface area contributed by atoms with E-state index in [1.165, 1.54) is 49.5 Å². The Bertz CT molecular complexity index is 3130. The van der Waals surface area contributed by atoms with Crippen LogP contribution in [0.25, 0.3) is 77.2 Å². The minimum absolute atomic E-state index is 0.893. The molecule has 0 aromatic heterocycles. The zero-order chi connectivity index (χ0) is 38.4. The minimum Gasteiger partial charge on any atom is -0.456 e. The Labute approximate surface area is 338 Å². The number of fused-ring (bicyclic) bond motifs is 3. The second kappa shape index (κ2) is 14.1.